The fourth-order valence-electron chi connectivity index (χ4n) is 3.76. The van der Waals surface area contributed by atoms with Gasteiger partial charge in [0.15, 0.2) is 11.6 Å². The molecule has 4 N–H and O–H groups in total. The van der Waals surface area contributed by atoms with Gasteiger partial charge in [0.2, 0.25) is 0 Å². The number of nitrogens with two attached hydrogens (primary N) is 2. The van der Waals surface area contributed by atoms with E-state index in [1.54, 1.807) is 42.3 Å². The summed E-state index contributed by atoms with van der Waals surface area (Å²) in [5, 5.41) is 9.40. The van der Waals surface area contributed by atoms with Crippen molar-refractivity contribution in [2.45, 2.75) is 6.42 Å². The Morgan fingerprint density at radius 2 is 1.71 bits per heavy atom. The van der Waals surface area contributed by atoms with Crippen LogP contribution in [0.15, 0.2) is 42.7 Å². The first-order chi connectivity index (χ1) is 16.2. The minimum atomic E-state index is -1.28. The summed E-state index contributed by atoms with van der Waals surface area (Å²) in [6.07, 6.45) is 2.96. The van der Waals surface area contributed by atoms with E-state index in [1.165, 1.54) is 4.68 Å². The number of halogens is 4. The van der Waals surface area contributed by atoms with Crippen molar-refractivity contribution in [2.24, 2.45) is 7.05 Å². The van der Waals surface area contributed by atoms with Gasteiger partial charge in [-0.3, -0.25) is 4.68 Å². The van der Waals surface area contributed by atoms with Crippen LogP contribution in [-0.4, -0.2) is 29.5 Å². The summed E-state index contributed by atoms with van der Waals surface area (Å²) >= 11 is 6.15. The third-order valence-corrected chi connectivity index (χ3v) is 5.57. The van der Waals surface area contributed by atoms with Gasteiger partial charge in [0.05, 0.1) is 23.0 Å². The molecule has 0 aliphatic rings. The van der Waals surface area contributed by atoms with Crippen LogP contribution in [0, 0.1) is 17.5 Å². The minimum Gasteiger partial charge on any atom is -0.383 e. The molecule has 0 aliphatic carbocycles. The topological polar surface area (TPSA) is 113 Å². The molecule has 5 rings (SSSR count). The molecule has 2 aromatic carbocycles. The lowest BCUT2D eigenvalue weighted by Gasteiger charge is -2.09. The van der Waals surface area contributed by atoms with Gasteiger partial charge in [-0.05, 0) is 30.3 Å². The summed E-state index contributed by atoms with van der Waals surface area (Å²) in [7, 11) is 1.75. The zero-order chi connectivity index (χ0) is 24.1. The molecule has 3 aromatic heterocycles. The molecule has 172 valence electrons. The molecular weight excluding hydrogens is 469 g/mol. The van der Waals surface area contributed by atoms with Gasteiger partial charge in [-0.1, -0.05) is 11.6 Å². The molecule has 0 amide bonds. The van der Waals surface area contributed by atoms with E-state index in [-0.39, 0.29) is 29.7 Å². The third-order valence-electron chi connectivity index (χ3n) is 5.34. The lowest BCUT2D eigenvalue weighted by atomic mass is 10.1. The molecule has 34 heavy (non-hydrogen) atoms. The maximum atomic E-state index is 14.3. The average Bonchev–Trinajstić information content (AvgIpc) is 3.37. The molecule has 0 atom stereocenters. The maximum Gasteiger partial charge on any atom is 0.255 e. The zero-order valence-electron chi connectivity index (χ0n) is 17.6. The first-order valence-corrected chi connectivity index (χ1v) is 10.3. The van der Waals surface area contributed by atoms with E-state index in [9.17, 15) is 13.2 Å². The van der Waals surface area contributed by atoms with Crippen LogP contribution in [0.5, 0.6) is 0 Å². The molecule has 3 heterocycles. The van der Waals surface area contributed by atoms with Gasteiger partial charge >= 0.3 is 0 Å². The lowest BCUT2D eigenvalue weighted by molar-refractivity contribution is 0.482. The molecule has 0 saturated carbocycles. The van der Waals surface area contributed by atoms with Gasteiger partial charge in [0.25, 0.3) is 5.95 Å². The highest BCUT2D eigenvalue weighted by atomic mass is 35.5. The number of rotatable bonds is 4. The molecule has 0 saturated heterocycles. The zero-order valence-corrected chi connectivity index (χ0v) is 18.4. The maximum absolute atomic E-state index is 14.3. The van der Waals surface area contributed by atoms with Crippen molar-refractivity contribution in [3.05, 3.63) is 76.5 Å². The summed E-state index contributed by atoms with van der Waals surface area (Å²) in [4.78, 5) is 8.68. The fourth-order valence-corrected chi connectivity index (χ4v) is 3.93. The SMILES string of the molecule is Cn1cc(-c2c(N)nc(-n3nc(Cc4c(F)ccc(F)c4F)c4cc(Cl)ccc43)nc2N)cn1. The predicted octanol–water partition coefficient (Wildman–Crippen LogP) is 4.04. The summed E-state index contributed by atoms with van der Waals surface area (Å²) in [5.74, 6) is -3.10. The monoisotopic (exact) mass is 484 g/mol. The van der Waals surface area contributed by atoms with Gasteiger partial charge < -0.3 is 11.5 Å². The van der Waals surface area contributed by atoms with E-state index in [0.29, 0.717) is 27.1 Å². The van der Waals surface area contributed by atoms with E-state index in [2.05, 4.69) is 20.2 Å². The Hall–Kier alpha value is -4.12. The Bertz CT molecular complexity index is 1550. The highest BCUT2D eigenvalue weighted by Crippen LogP contribution is 2.32. The van der Waals surface area contributed by atoms with Crippen molar-refractivity contribution in [2.75, 3.05) is 11.5 Å². The second-order valence-electron chi connectivity index (χ2n) is 7.59. The van der Waals surface area contributed by atoms with Crippen molar-refractivity contribution >= 4 is 34.1 Å². The van der Waals surface area contributed by atoms with Gasteiger partial charge in [0, 0.05) is 41.2 Å². The predicted molar refractivity (Wildman–Crippen MR) is 122 cm³/mol. The van der Waals surface area contributed by atoms with Gasteiger partial charge in [-0.25, -0.2) is 13.2 Å². The van der Waals surface area contributed by atoms with Gasteiger partial charge in [-0.15, -0.1) is 0 Å². The van der Waals surface area contributed by atoms with Crippen molar-refractivity contribution in [3.8, 4) is 17.1 Å². The number of hydrogen-bond donors (Lipinski definition) is 2. The average molecular weight is 485 g/mol. The van der Waals surface area contributed by atoms with Crippen LogP contribution < -0.4 is 11.5 Å². The number of benzene rings is 2. The number of nitrogen functional groups attached to an aromatic ring is 2. The third kappa shape index (κ3) is 3.59. The number of aryl methyl sites for hydroxylation is 1. The van der Waals surface area contributed by atoms with E-state index in [0.717, 1.165) is 12.1 Å². The summed E-state index contributed by atoms with van der Waals surface area (Å²) in [6, 6.07) is 6.44. The Kier molecular flexibility index (Phi) is 5.13. The van der Waals surface area contributed by atoms with Crippen LogP contribution in [0.25, 0.3) is 28.0 Å². The number of aromatic nitrogens is 6. The van der Waals surface area contributed by atoms with Gasteiger partial charge in [-0.2, -0.15) is 24.8 Å². The largest absolute Gasteiger partial charge is 0.383 e. The minimum absolute atomic E-state index is 0.0430. The van der Waals surface area contributed by atoms with Gasteiger partial charge in [0.1, 0.15) is 17.5 Å². The van der Waals surface area contributed by atoms with Crippen LogP contribution in [0.1, 0.15) is 11.3 Å². The highest BCUT2D eigenvalue weighted by molar-refractivity contribution is 6.31. The Balaban J connectivity index is 1.67. The van der Waals surface area contributed by atoms with Crippen LogP contribution in [0.4, 0.5) is 24.8 Å². The smallest absolute Gasteiger partial charge is 0.255 e. The van der Waals surface area contributed by atoms with Crippen molar-refractivity contribution < 1.29 is 13.2 Å². The Morgan fingerprint density at radius 1 is 1.00 bits per heavy atom. The molecule has 0 spiro atoms. The molecule has 0 bridgehead atoms. The molecular formula is C22H16ClF3N8. The molecule has 8 nitrogen and oxygen atoms in total. The standard InChI is InChI=1S/C22H16ClF3N8/c1-33-9-10(8-29-33)18-20(27)30-22(31-21(18)28)34-17-5-2-11(23)6-13(17)16(32-34)7-12-14(24)3-4-15(25)19(12)26/h2-6,8-9H,7H2,1H3,(H4,27,28,30,31). The van der Waals surface area contributed by atoms with Crippen molar-refractivity contribution in [1.82, 2.24) is 29.5 Å². The van der Waals surface area contributed by atoms with E-state index >= 15 is 0 Å². The highest BCUT2D eigenvalue weighted by Gasteiger charge is 2.21. The second kappa shape index (κ2) is 8.03. The van der Waals surface area contributed by atoms with Crippen molar-refractivity contribution in [3.63, 3.8) is 0 Å². The molecule has 0 radical (unpaired) electrons. The summed E-state index contributed by atoms with van der Waals surface area (Å²) < 4.78 is 45.3. The number of nitrogens with zero attached hydrogens (tertiary/aromatic N) is 6. The number of anilines is 2. The second-order valence-corrected chi connectivity index (χ2v) is 8.03. The number of fused-ring (bicyclic) bond motifs is 1. The van der Waals surface area contributed by atoms with Crippen molar-refractivity contribution in [1.29, 1.82) is 0 Å². The molecule has 0 aliphatic heterocycles. The van der Waals surface area contributed by atoms with E-state index in [1.807, 2.05) is 0 Å². The Labute approximate surface area is 195 Å². The molecule has 5 aromatic rings. The first kappa shape index (κ1) is 21.7. The molecule has 0 fully saturated rings. The Morgan fingerprint density at radius 3 is 2.38 bits per heavy atom. The van der Waals surface area contributed by atoms with Crippen LogP contribution >= 0.6 is 11.6 Å². The van der Waals surface area contributed by atoms with E-state index in [4.69, 9.17) is 23.1 Å². The van der Waals surface area contributed by atoms with Crippen LogP contribution in [0.2, 0.25) is 5.02 Å². The first-order valence-electron chi connectivity index (χ1n) is 9.95. The molecule has 0 unspecified atom stereocenters. The van der Waals surface area contributed by atoms with Crippen LogP contribution in [0.3, 0.4) is 0 Å². The quantitative estimate of drug-likeness (QED) is 0.372. The van der Waals surface area contributed by atoms with Crippen LogP contribution in [-0.2, 0) is 13.5 Å². The lowest BCUT2D eigenvalue weighted by Crippen LogP contribution is -2.10. The number of hydrogen-bond acceptors (Lipinski definition) is 6. The molecule has 12 heteroatoms. The summed E-state index contributed by atoms with van der Waals surface area (Å²) in [5.41, 5.74) is 13.7. The normalized spacial score (nSPS) is 11.4. The summed E-state index contributed by atoms with van der Waals surface area (Å²) in [6.45, 7) is 0. The fraction of sp³-hybridized carbons (Fsp3) is 0.0909. The van der Waals surface area contributed by atoms with E-state index < -0.39 is 23.0 Å².